The predicted molar refractivity (Wildman–Crippen MR) is 164 cm³/mol. The van der Waals surface area contributed by atoms with Crippen LogP contribution in [0, 0.1) is 5.92 Å². The molecule has 2 aliphatic heterocycles. The summed E-state index contributed by atoms with van der Waals surface area (Å²) in [5.74, 6) is 2.16. The van der Waals surface area contributed by atoms with Gasteiger partial charge in [-0.05, 0) is 55.0 Å². The molecule has 1 aromatic heterocycles. The summed E-state index contributed by atoms with van der Waals surface area (Å²) in [5, 5.41) is 5.03. The van der Waals surface area contributed by atoms with Gasteiger partial charge >= 0.3 is 0 Å². The molecule has 7 heteroatoms. The molecule has 1 amide bonds. The van der Waals surface area contributed by atoms with Gasteiger partial charge in [0.15, 0.2) is 0 Å². The van der Waals surface area contributed by atoms with Gasteiger partial charge in [-0.15, -0.1) is 0 Å². The summed E-state index contributed by atoms with van der Waals surface area (Å²) < 4.78 is 11.6. The number of nitrogens with one attached hydrogen (secondary N) is 1. The fourth-order valence-electron chi connectivity index (χ4n) is 5.84. The Kier molecular flexibility index (Phi) is 8.74. The Labute approximate surface area is 242 Å². The Morgan fingerprint density at radius 2 is 1.61 bits per heavy atom. The van der Waals surface area contributed by atoms with Crippen molar-refractivity contribution in [2.75, 3.05) is 62.8 Å². The molecule has 4 aromatic rings. The minimum absolute atomic E-state index is 0.211. The van der Waals surface area contributed by atoms with E-state index in [1.807, 2.05) is 48.5 Å². The van der Waals surface area contributed by atoms with Crippen LogP contribution in [-0.2, 0) is 11.2 Å². The van der Waals surface area contributed by atoms with Crippen molar-refractivity contribution in [1.29, 1.82) is 0 Å². The Balaban J connectivity index is 1.09. The fraction of sp³-hybridized carbons (Fsp3) is 0.353. The average Bonchev–Trinajstić information content (AvgIpc) is 3.03. The molecule has 2 fully saturated rings. The second-order valence-corrected chi connectivity index (χ2v) is 10.9. The Morgan fingerprint density at radius 1 is 0.854 bits per heavy atom. The standard InChI is InChI=1S/C34H38N4O3/c39-34(31-11-6-12-33(35-31)38-17-15-27(16-18-38)25-26-7-2-1-3-8-26)36-30-13-14-32(29-10-5-4-9-28(29)30)41-24-21-37-19-22-40-23-20-37/h1-14,27H,15-25H2,(H,36,39). The number of fused-ring (bicyclic) bond motifs is 1. The van der Waals surface area contributed by atoms with Crippen LogP contribution in [0.15, 0.2) is 84.9 Å². The normalized spacial score (nSPS) is 16.5. The van der Waals surface area contributed by atoms with Crippen molar-refractivity contribution in [1.82, 2.24) is 9.88 Å². The molecule has 0 spiro atoms. The van der Waals surface area contributed by atoms with Crippen LogP contribution in [0.3, 0.4) is 0 Å². The van der Waals surface area contributed by atoms with Crippen LogP contribution in [0.1, 0.15) is 28.9 Å². The van der Waals surface area contributed by atoms with E-state index in [0.717, 1.165) is 93.2 Å². The maximum atomic E-state index is 13.3. The predicted octanol–water partition coefficient (Wildman–Crippen LogP) is 5.66. The maximum Gasteiger partial charge on any atom is 0.274 e. The highest BCUT2D eigenvalue weighted by Gasteiger charge is 2.21. The molecule has 0 unspecified atom stereocenters. The number of piperidine rings is 1. The van der Waals surface area contributed by atoms with Crippen LogP contribution in [-0.4, -0.2) is 68.3 Å². The van der Waals surface area contributed by atoms with Gasteiger partial charge in [0.25, 0.3) is 5.91 Å². The summed E-state index contributed by atoms with van der Waals surface area (Å²) in [5.41, 5.74) is 2.58. The highest BCUT2D eigenvalue weighted by molar-refractivity contribution is 6.09. The number of anilines is 2. The molecule has 0 atom stereocenters. The smallest absolute Gasteiger partial charge is 0.274 e. The van der Waals surface area contributed by atoms with E-state index in [1.165, 1.54) is 5.56 Å². The maximum absolute atomic E-state index is 13.3. The number of carbonyl (C=O) groups excluding carboxylic acids is 1. The van der Waals surface area contributed by atoms with Crippen molar-refractivity contribution in [2.24, 2.45) is 5.92 Å². The van der Waals surface area contributed by atoms with Crippen molar-refractivity contribution >= 4 is 28.2 Å². The lowest BCUT2D eigenvalue weighted by Gasteiger charge is -2.33. The van der Waals surface area contributed by atoms with Crippen LogP contribution in [0.4, 0.5) is 11.5 Å². The highest BCUT2D eigenvalue weighted by Crippen LogP contribution is 2.32. The molecule has 0 bridgehead atoms. The summed E-state index contributed by atoms with van der Waals surface area (Å²) in [6.45, 7) is 6.82. The minimum Gasteiger partial charge on any atom is -0.492 e. The zero-order chi connectivity index (χ0) is 27.9. The number of nitrogens with zero attached hydrogens (tertiary/aromatic N) is 3. The average molecular weight is 551 g/mol. The molecule has 0 aliphatic carbocycles. The highest BCUT2D eigenvalue weighted by atomic mass is 16.5. The summed E-state index contributed by atoms with van der Waals surface area (Å²) in [7, 11) is 0. The molecule has 212 valence electrons. The number of hydrogen-bond donors (Lipinski definition) is 1. The lowest BCUT2D eigenvalue weighted by Crippen LogP contribution is -2.38. The van der Waals surface area contributed by atoms with Crippen molar-refractivity contribution in [3.63, 3.8) is 0 Å². The third-order valence-electron chi connectivity index (χ3n) is 8.17. The van der Waals surface area contributed by atoms with Gasteiger partial charge in [0.1, 0.15) is 23.9 Å². The van der Waals surface area contributed by atoms with E-state index in [1.54, 1.807) is 6.07 Å². The van der Waals surface area contributed by atoms with Gasteiger partial charge in [-0.3, -0.25) is 9.69 Å². The van der Waals surface area contributed by atoms with Crippen LogP contribution in [0.5, 0.6) is 5.75 Å². The third-order valence-corrected chi connectivity index (χ3v) is 8.17. The van der Waals surface area contributed by atoms with Crippen molar-refractivity contribution in [2.45, 2.75) is 19.3 Å². The first-order chi connectivity index (χ1) is 20.2. The van der Waals surface area contributed by atoms with Gasteiger partial charge in [-0.2, -0.15) is 0 Å². The van der Waals surface area contributed by atoms with Crippen molar-refractivity contribution in [3.8, 4) is 5.75 Å². The molecule has 41 heavy (non-hydrogen) atoms. The third kappa shape index (κ3) is 6.87. The van der Waals surface area contributed by atoms with Crippen LogP contribution >= 0.6 is 0 Å². The zero-order valence-corrected chi connectivity index (χ0v) is 23.5. The number of benzene rings is 3. The van der Waals surface area contributed by atoms with E-state index in [-0.39, 0.29) is 5.91 Å². The Bertz CT molecular complexity index is 1450. The van der Waals surface area contributed by atoms with E-state index in [4.69, 9.17) is 14.5 Å². The number of ether oxygens (including phenoxy) is 2. The van der Waals surface area contributed by atoms with E-state index >= 15 is 0 Å². The minimum atomic E-state index is -0.211. The molecule has 3 aromatic carbocycles. The molecule has 2 aliphatic rings. The number of pyridine rings is 1. The molecular weight excluding hydrogens is 512 g/mol. The quantitative estimate of drug-likeness (QED) is 0.290. The van der Waals surface area contributed by atoms with Gasteiger partial charge in [0, 0.05) is 49.2 Å². The van der Waals surface area contributed by atoms with Gasteiger partial charge in [-0.25, -0.2) is 4.98 Å². The van der Waals surface area contributed by atoms with Crippen LogP contribution in [0.25, 0.3) is 10.8 Å². The fourth-order valence-corrected chi connectivity index (χ4v) is 5.84. The second-order valence-electron chi connectivity index (χ2n) is 10.9. The van der Waals surface area contributed by atoms with E-state index in [2.05, 4.69) is 45.4 Å². The second kappa shape index (κ2) is 13.1. The molecule has 0 saturated carbocycles. The SMILES string of the molecule is O=C(Nc1ccc(OCCN2CCOCC2)c2ccccc12)c1cccc(N2CCC(Cc3ccccc3)CC2)n1. The number of morpholine rings is 1. The number of aromatic nitrogens is 1. The summed E-state index contributed by atoms with van der Waals surface area (Å²) in [4.78, 5) is 22.8. The van der Waals surface area contributed by atoms with Crippen LogP contribution < -0.4 is 15.0 Å². The molecule has 2 saturated heterocycles. The topological polar surface area (TPSA) is 66.9 Å². The number of hydrogen-bond acceptors (Lipinski definition) is 6. The first kappa shape index (κ1) is 27.2. The first-order valence-electron chi connectivity index (χ1n) is 14.7. The molecule has 7 nitrogen and oxygen atoms in total. The lowest BCUT2D eigenvalue weighted by atomic mass is 9.90. The zero-order valence-electron chi connectivity index (χ0n) is 23.5. The monoisotopic (exact) mass is 550 g/mol. The van der Waals surface area contributed by atoms with Gasteiger partial charge in [0.05, 0.1) is 13.2 Å². The lowest BCUT2D eigenvalue weighted by molar-refractivity contribution is 0.0323. The summed E-state index contributed by atoms with van der Waals surface area (Å²) in [6.07, 6.45) is 3.37. The van der Waals surface area contributed by atoms with E-state index in [9.17, 15) is 4.79 Å². The van der Waals surface area contributed by atoms with Gasteiger partial charge in [0.2, 0.25) is 0 Å². The van der Waals surface area contributed by atoms with Crippen molar-refractivity contribution in [3.05, 3.63) is 96.2 Å². The number of amides is 1. The Hall–Kier alpha value is -3.94. The van der Waals surface area contributed by atoms with Crippen molar-refractivity contribution < 1.29 is 14.3 Å². The number of rotatable bonds is 9. The van der Waals surface area contributed by atoms with E-state index < -0.39 is 0 Å². The molecule has 3 heterocycles. The van der Waals surface area contributed by atoms with Crippen LogP contribution in [0.2, 0.25) is 0 Å². The number of carbonyl (C=O) groups is 1. The Morgan fingerprint density at radius 3 is 2.41 bits per heavy atom. The molecular formula is C34H38N4O3. The molecule has 1 N–H and O–H groups in total. The van der Waals surface area contributed by atoms with Gasteiger partial charge < -0.3 is 19.7 Å². The molecule has 0 radical (unpaired) electrons. The largest absolute Gasteiger partial charge is 0.492 e. The summed E-state index contributed by atoms with van der Waals surface area (Å²) >= 11 is 0. The van der Waals surface area contributed by atoms with Gasteiger partial charge in [-0.1, -0.05) is 60.7 Å². The molecule has 6 rings (SSSR count). The van der Waals surface area contributed by atoms with E-state index in [0.29, 0.717) is 18.2 Å². The summed E-state index contributed by atoms with van der Waals surface area (Å²) in [6, 6.07) is 28.3. The first-order valence-corrected chi connectivity index (χ1v) is 14.7.